The summed E-state index contributed by atoms with van der Waals surface area (Å²) in [5.41, 5.74) is 3.57. The normalized spacial score (nSPS) is 10.7. The average Bonchev–Trinajstić information content (AvgIpc) is 3.16. The van der Waals surface area contributed by atoms with Crippen molar-refractivity contribution in [1.82, 2.24) is 20.1 Å². The summed E-state index contributed by atoms with van der Waals surface area (Å²) < 4.78 is 5.42. The SMILES string of the molecule is Cc1cc(NCc2cc(-c3ccccc3)on2)nc(-c2cccnc2)n1. The summed E-state index contributed by atoms with van der Waals surface area (Å²) in [5, 5.41) is 7.40. The molecular weight excluding hydrogens is 326 g/mol. The molecule has 0 radical (unpaired) electrons. The van der Waals surface area contributed by atoms with Crippen molar-refractivity contribution >= 4 is 5.82 Å². The van der Waals surface area contributed by atoms with E-state index in [1.165, 1.54) is 0 Å². The van der Waals surface area contributed by atoms with Gasteiger partial charge in [0.05, 0.1) is 6.54 Å². The topological polar surface area (TPSA) is 76.7 Å². The van der Waals surface area contributed by atoms with Gasteiger partial charge in [0, 0.05) is 41.3 Å². The first kappa shape index (κ1) is 16.0. The lowest BCUT2D eigenvalue weighted by Crippen LogP contribution is -2.04. The highest BCUT2D eigenvalue weighted by Gasteiger charge is 2.08. The molecule has 0 spiro atoms. The van der Waals surface area contributed by atoms with Gasteiger partial charge >= 0.3 is 0 Å². The smallest absolute Gasteiger partial charge is 0.167 e. The van der Waals surface area contributed by atoms with Gasteiger partial charge in [0.1, 0.15) is 11.5 Å². The minimum Gasteiger partial charge on any atom is -0.364 e. The van der Waals surface area contributed by atoms with E-state index in [4.69, 9.17) is 4.52 Å². The Labute approximate surface area is 151 Å². The molecule has 0 bridgehead atoms. The van der Waals surface area contributed by atoms with Crippen LogP contribution in [-0.4, -0.2) is 20.1 Å². The summed E-state index contributed by atoms with van der Waals surface area (Å²) in [7, 11) is 0. The van der Waals surface area contributed by atoms with Gasteiger partial charge in [-0.2, -0.15) is 0 Å². The summed E-state index contributed by atoms with van der Waals surface area (Å²) in [6.07, 6.45) is 3.48. The third-order valence-corrected chi connectivity index (χ3v) is 3.84. The number of rotatable bonds is 5. The zero-order chi connectivity index (χ0) is 17.8. The minimum atomic E-state index is 0.513. The zero-order valence-corrected chi connectivity index (χ0v) is 14.3. The molecule has 4 rings (SSSR count). The van der Waals surface area contributed by atoms with E-state index in [0.717, 1.165) is 34.1 Å². The number of benzene rings is 1. The second-order valence-corrected chi connectivity index (χ2v) is 5.86. The number of anilines is 1. The molecule has 0 saturated carbocycles. The van der Waals surface area contributed by atoms with Crippen LogP contribution in [-0.2, 0) is 6.54 Å². The highest BCUT2D eigenvalue weighted by Crippen LogP contribution is 2.21. The van der Waals surface area contributed by atoms with Crippen molar-refractivity contribution in [3.05, 3.63) is 78.4 Å². The molecule has 6 heteroatoms. The van der Waals surface area contributed by atoms with Crippen molar-refractivity contribution in [2.24, 2.45) is 0 Å². The molecule has 3 heterocycles. The summed E-state index contributed by atoms with van der Waals surface area (Å²) in [6, 6.07) is 17.5. The maximum absolute atomic E-state index is 5.42. The molecule has 0 fully saturated rings. The van der Waals surface area contributed by atoms with Crippen LogP contribution in [0.2, 0.25) is 0 Å². The number of hydrogen-bond donors (Lipinski definition) is 1. The Morgan fingerprint density at radius 2 is 1.81 bits per heavy atom. The van der Waals surface area contributed by atoms with E-state index in [2.05, 4.69) is 25.4 Å². The van der Waals surface area contributed by atoms with E-state index in [9.17, 15) is 0 Å². The number of aromatic nitrogens is 4. The number of hydrogen-bond acceptors (Lipinski definition) is 6. The molecule has 4 aromatic rings. The molecule has 26 heavy (non-hydrogen) atoms. The van der Waals surface area contributed by atoms with E-state index in [-0.39, 0.29) is 0 Å². The summed E-state index contributed by atoms with van der Waals surface area (Å²) in [6.45, 7) is 2.45. The monoisotopic (exact) mass is 343 g/mol. The fourth-order valence-electron chi connectivity index (χ4n) is 2.60. The van der Waals surface area contributed by atoms with E-state index in [1.807, 2.05) is 61.5 Å². The second kappa shape index (κ2) is 7.14. The molecule has 1 aromatic carbocycles. The first-order valence-electron chi connectivity index (χ1n) is 8.29. The van der Waals surface area contributed by atoms with Gasteiger partial charge in [0.15, 0.2) is 11.6 Å². The molecular formula is C20H17N5O. The Morgan fingerprint density at radius 1 is 0.962 bits per heavy atom. The van der Waals surface area contributed by atoms with Gasteiger partial charge in [0.25, 0.3) is 0 Å². The van der Waals surface area contributed by atoms with E-state index < -0.39 is 0 Å². The predicted molar refractivity (Wildman–Crippen MR) is 99.3 cm³/mol. The predicted octanol–water partition coefficient (Wildman–Crippen LogP) is 4.11. The van der Waals surface area contributed by atoms with Crippen LogP contribution >= 0.6 is 0 Å². The highest BCUT2D eigenvalue weighted by atomic mass is 16.5. The standard InChI is InChI=1S/C20H17N5O/c1-14-10-19(24-20(23-14)16-8-5-9-21-12-16)22-13-17-11-18(26-25-17)15-6-3-2-4-7-15/h2-12H,13H2,1H3,(H,22,23,24). The van der Waals surface area contributed by atoms with Gasteiger partial charge in [-0.1, -0.05) is 35.5 Å². The van der Waals surface area contributed by atoms with Crippen LogP contribution in [0.15, 0.2) is 71.5 Å². The minimum absolute atomic E-state index is 0.513. The molecule has 0 unspecified atom stereocenters. The van der Waals surface area contributed by atoms with Crippen molar-refractivity contribution in [2.75, 3.05) is 5.32 Å². The Morgan fingerprint density at radius 3 is 2.62 bits per heavy atom. The van der Waals surface area contributed by atoms with Gasteiger partial charge in [-0.15, -0.1) is 0 Å². The quantitative estimate of drug-likeness (QED) is 0.587. The number of aryl methyl sites for hydroxylation is 1. The second-order valence-electron chi connectivity index (χ2n) is 5.86. The molecule has 0 aliphatic heterocycles. The molecule has 0 atom stereocenters. The molecule has 0 amide bonds. The van der Waals surface area contributed by atoms with E-state index in [0.29, 0.717) is 12.4 Å². The van der Waals surface area contributed by atoms with Crippen molar-refractivity contribution in [2.45, 2.75) is 13.5 Å². The molecule has 1 N–H and O–H groups in total. The lowest BCUT2D eigenvalue weighted by atomic mass is 10.2. The van der Waals surface area contributed by atoms with Gasteiger partial charge < -0.3 is 9.84 Å². The summed E-state index contributed by atoms with van der Waals surface area (Å²) in [4.78, 5) is 13.2. The van der Waals surface area contributed by atoms with Gasteiger partial charge in [-0.25, -0.2) is 9.97 Å². The van der Waals surface area contributed by atoms with E-state index >= 15 is 0 Å². The third-order valence-electron chi connectivity index (χ3n) is 3.84. The van der Waals surface area contributed by atoms with Crippen LogP contribution in [0.5, 0.6) is 0 Å². The lowest BCUT2D eigenvalue weighted by Gasteiger charge is -2.07. The van der Waals surface area contributed by atoms with Gasteiger partial charge in [-0.05, 0) is 19.1 Å². The fraction of sp³-hybridized carbons (Fsp3) is 0.100. The molecule has 3 aromatic heterocycles. The van der Waals surface area contributed by atoms with Crippen LogP contribution in [0.4, 0.5) is 5.82 Å². The molecule has 0 aliphatic rings. The van der Waals surface area contributed by atoms with Gasteiger partial charge in [0.2, 0.25) is 0 Å². The maximum atomic E-state index is 5.42. The molecule has 128 valence electrons. The van der Waals surface area contributed by atoms with Crippen LogP contribution < -0.4 is 5.32 Å². The van der Waals surface area contributed by atoms with Crippen LogP contribution in [0.1, 0.15) is 11.4 Å². The van der Waals surface area contributed by atoms with Crippen LogP contribution in [0.25, 0.3) is 22.7 Å². The largest absolute Gasteiger partial charge is 0.364 e. The van der Waals surface area contributed by atoms with E-state index in [1.54, 1.807) is 12.4 Å². The van der Waals surface area contributed by atoms with Crippen LogP contribution in [0, 0.1) is 6.92 Å². The lowest BCUT2D eigenvalue weighted by molar-refractivity contribution is 0.424. The zero-order valence-electron chi connectivity index (χ0n) is 14.3. The van der Waals surface area contributed by atoms with Crippen molar-refractivity contribution in [3.63, 3.8) is 0 Å². The Kier molecular flexibility index (Phi) is 4.38. The van der Waals surface area contributed by atoms with Gasteiger partial charge in [-0.3, -0.25) is 4.98 Å². The fourth-order valence-corrected chi connectivity index (χ4v) is 2.60. The van der Waals surface area contributed by atoms with Crippen molar-refractivity contribution < 1.29 is 4.52 Å². The third kappa shape index (κ3) is 3.59. The highest BCUT2D eigenvalue weighted by molar-refractivity contribution is 5.58. The summed E-state index contributed by atoms with van der Waals surface area (Å²) in [5.74, 6) is 2.13. The number of pyridine rings is 1. The Balaban J connectivity index is 1.50. The summed E-state index contributed by atoms with van der Waals surface area (Å²) >= 11 is 0. The number of nitrogens with one attached hydrogen (secondary N) is 1. The molecule has 0 saturated heterocycles. The van der Waals surface area contributed by atoms with Crippen molar-refractivity contribution in [1.29, 1.82) is 0 Å². The first-order valence-corrected chi connectivity index (χ1v) is 8.29. The number of nitrogens with zero attached hydrogens (tertiary/aromatic N) is 4. The Hall–Kier alpha value is -3.54. The molecule has 6 nitrogen and oxygen atoms in total. The first-order chi connectivity index (χ1) is 12.8. The average molecular weight is 343 g/mol. The molecule has 0 aliphatic carbocycles. The Bertz CT molecular complexity index is 999. The van der Waals surface area contributed by atoms with Crippen molar-refractivity contribution in [3.8, 4) is 22.7 Å². The van der Waals surface area contributed by atoms with Crippen LogP contribution in [0.3, 0.4) is 0 Å². The maximum Gasteiger partial charge on any atom is 0.167 e.